The van der Waals surface area contributed by atoms with Crippen molar-refractivity contribution in [1.29, 1.82) is 0 Å². The molecular weight excluding hydrogens is 811 g/mol. The monoisotopic (exact) mass is 871 g/mol. The maximum absolute atomic E-state index is 14.7. The van der Waals surface area contributed by atoms with Crippen molar-refractivity contribution in [2.75, 3.05) is 52.8 Å². The number of fused-ring (bicyclic) bond motifs is 2. The summed E-state index contributed by atoms with van der Waals surface area (Å²) in [5.74, 6) is -0.502. The highest BCUT2D eigenvalue weighted by atomic mass is 16.7. The molecule has 0 spiro atoms. The zero-order valence-corrected chi connectivity index (χ0v) is 36.5. The van der Waals surface area contributed by atoms with E-state index in [0.717, 1.165) is 47.9 Å². The lowest BCUT2D eigenvalue weighted by Crippen LogP contribution is -2.70. The van der Waals surface area contributed by atoms with Crippen molar-refractivity contribution >= 4 is 17.5 Å². The summed E-state index contributed by atoms with van der Waals surface area (Å²) in [4.78, 5) is 32.9. The largest absolute Gasteiger partial charge is 0.459 e. The van der Waals surface area contributed by atoms with Crippen LogP contribution in [0, 0.1) is 41.7 Å². The summed E-state index contributed by atoms with van der Waals surface area (Å²) in [5.41, 5.74) is 4.46. The number of carbonyl (C=O) groups excluding carboxylic acids is 1. The van der Waals surface area contributed by atoms with Gasteiger partial charge in [0.05, 0.1) is 43.0 Å². The highest BCUT2D eigenvalue weighted by molar-refractivity contribution is 6.03. The SMILES string of the molecule is C=CCO[C@@]12Oc3ccc(Oc4ccc(C)c(C)c4)cc3[C@H]3[C@H](CCCCO)[C@@H](CCCCO)C=C(C(=NOCC)C[C@@H]1N(CCOCCO)C(=O)Oc1ccc([N+](=O)[O-])cc1)[C@H]32. The van der Waals surface area contributed by atoms with E-state index in [1.165, 1.54) is 29.2 Å². The standard InChI is InChI=1S/C48H61N3O12/c1-5-25-59-48-44(50(21-26-58-27-24-54)47(55)62-36-17-14-35(15-18-36)51(56)57)31-42(49-60-6-2)40-29-34(11-7-9-22-52)39(12-8-10-23-53)45(46(40)48)41-30-38(19-20-43(41)63-48)61-37-16-13-32(3)33(4)28-37/h5,13-20,28-30,34,39,44-46,52-54H,1,6-12,21-27,31H2,2-4H3/t34-,39+,44-,45+,46+,48+/m0/s1. The van der Waals surface area contributed by atoms with Gasteiger partial charge in [-0.25, -0.2) is 4.79 Å². The van der Waals surface area contributed by atoms with Crippen LogP contribution in [0.4, 0.5) is 10.5 Å². The van der Waals surface area contributed by atoms with E-state index in [2.05, 4.69) is 19.6 Å². The van der Waals surface area contributed by atoms with Gasteiger partial charge in [0, 0.05) is 49.8 Å². The molecule has 3 aromatic carbocycles. The highest BCUT2D eigenvalue weighted by Crippen LogP contribution is 2.62. The molecule has 1 fully saturated rings. The molecule has 1 amide bonds. The van der Waals surface area contributed by atoms with Gasteiger partial charge in [-0.1, -0.05) is 36.2 Å². The first-order chi connectivity index (χ1) is 30.6. The van der Waals surface area contributed by atoms with E-state index >= 15 is 0 Å². The minimum absolute atomic E-state index is 0.0172. The van der Waals surface area contributed by atoms with Crippen LogP contribution >= 0.6 is 0 Å². The average molecular weight is 872 g/mol. The fourth-order valence-electron chi connectivity index (χ4n) is 9.27. The van der Waals surface area contributed by atoms with Crippen LogP contribution in [0.2, 0.25) is 0 Å². The second-order valence-corrected chi connectivity index (χ2v) is 16.2. The Hall–Kier alpha value is -5.32. The Morgan fingerprint density at radius 2 is 1.67 bits per heavy atom. The number of benzene rings is 3. The van der Waals surface area contributed by atoms with E-state index in [4.69, 9.17) is 33.7 Å². The molecule has 3 N–H and O–H groups in total. The Kier molecular flexibility index (Phi) is 16.7. The molecule has 340 valence electrons. The van der Waals surface area contributed by atoms with E-state index in [1.54, 1.807) is 6.08 Å². The Labute approximate surface area is 369 Å². The number of ether oxygens (including phenoxy) is 5. The zero-order valence-electron chi connectivity index (χ0n) is 36.5. The maximum atomic E-state index is 14.7. The number of allylic oxidation sites excluding steroid dienone is 1. The summed E-state index contributed by atoms with van der Waals surface area (Å²) in [6.07, 6.45) is 7.55. The lowest BCUT2D eigenvalue weighted by atomic mass is 9.55. The van der Waals surface area contributed by atoms with Crippen molar-refractivity contribution in [2.24, 2.45) is 22.9 Å². The Morgan fingerprint density at radius 1 is 0.952 bits per heavy atom. The number of hydrogen-bond acceptors (Lipinski definition) is 13. The van der Waals surface area contributed by atoms with Gasteiger partial charge in [-0.3, -0.25) is 15.0 Å². The van der Waals surface area contributed by atoms with Crippen LogP contribution in [-0.4, -0.2) is 102 Å². The molecule has 1 heterocycles. The van der Waals surface area contributed by atoms with Crippen molar-refractivity contribution in [3.05, 3.63) is 112 Å². The van der Waals surface area contributed by atoms with Gasteiger partial charge in [-0.05, 0) is 117 Å². The van der Waals surface area contributed by atoms with Crippen LogP contribution < -0.4 is 14.2 Å². The van der Waals surface area contributed by atoms with E-state index in [9.17, 15) is 30.2 Å². The lowest BCUT2D eigenvalue weighted by molar-refractivity contribution is -0.384. The third kappa shape index (κ3) is 10.9. The van der Waals surface area contributed by atoms with E-state index < -0.39 is 28.8 Å². The van der Waals surface area contributed by atoms with Crippen molar-refractivity contribution in [3.8, 4) is 23.0 Å². The predicted molar refractivity (Wildman–Crippen MR) is 236 cm³/mol. The van der Waals surface area contributed by atoms with E-state index in [0.29, 0.717) is 35.8 Å². The average Bonchev–Trinajstić information content (AvgIpc) is 3.28. The summed E-state index contributed by atoms with van der Waals surface area (Å²) in [6.45, 7) is 10.2. The number of rotatable bonds is 23. The quantitative estimate of drug-likeness (QED) is 0.0359. The zero-order chi connectivity index (χ0) is 44.9. The number of aliphatic hydroxyl groups excluding tert-OH is 3. The summed E-state index contributed by atoms with van der Waals surface area (Å²) in [5, 5.41) is 45.5. The first kappa shape index (κ1) is 47.2. The van der Waals surface area contributed by atoms with Gasteiger partial charge in [-0.15, -0.1) is 6.58 Å². The summed E-state index contributed by atoms with van der Waals surface area (Å²) in [7, 11) is 0. The number of hydrogen-bond donors (Lipinski definition) is 3. The Morgan fingerprint density at radius 3 is 2.35 bits per heavy atom. The third-order valence-electron chi connectivity index (χ3n) is 12.2. The summed E-state index contributed by atoms with van der Waals surface area (Å²) < 4.78 is 32.5. The molecule has 0 unspecified atom stereocenters. The van der Waals surface area contributed by atoms with Crippen LogP contribution in [0.1, 0.15) is 74.5 Å². The van der Waals surface area contributed by atoms with Crippen LogP contribution in [0.5, 0.6) is 23.0 Å². The predicted octanol–water partition coefficient (Wildman–Crippen LogP) is 8.17. The number of nitro groups is 1. The van der Waals surface area contributed by atoms with Crippen molar-refractivity contribution in [3.63, 3.8) is 0 Å². The highest BCUT2D eigenvalue weighted by Gasteiger charge is 2.65. The van der Waals surface area contributed by atoms with Gasteiger partial charge in [0.1, 0.15) is 35.6 Å². The Bertz CT molecular complexity index is 2090. The van der Waals surface area contributed by atoms with Crippen molar-refractivity contribution < 1.29 is 53.6 Å². The first-order valence-corrected chi connectivity index (χ1v) is 22.0. The molecule has 0 saturated heterocycles. The number of aliphatic hydroxyl groups is 3. The minimum Gasteiger partial charge on any atom is -0.459 e. The molecule has 3 aliphatic rings. The molecule has 15 nitrogen and oxygen atoms in total. The van der Waals surface area contributed by atoms with Crippen LogP contribution in [0.15, 0.2) is 90.1 Å². The summed E-state index contributed by atoms with van der Waals surface area (Å²) in [6, 6.07) is 16.1. The fourth-order valence-corrected chi connectivity index (χ4v) is 9.27. The lowest BCUT2D eigenvalue weighted by Gasteiger charge is -2.59. The molecule has 63 heavy (non-hydrogen) atoms. The van der Waals surface area contributed by atoms with Crippen molar-refractivity contribution in [2.45, 2.75) is 83.5 Å². The first-order valence-electron chi connectivity index (χ1n) is 22.0. The van der Waals surface area contributed by atoms with Gasteiger partial charge in [0.25, 0.3) is 5.69 Å². The molecule has 2 aliphatic carbocycles. The van der Waals surface area contributed by atoms with Crippen molar-refractivity contribution in [1.82, 2.24) is 4.90 Å². The normalized spacial score (nSPS) is 22.9. The number of nitrogens with zero attached hydrogens (tertiary/aromatic N) is 3. The topological polar surface area (TPSA) is 192 Å². The van der Waals surface area contributed by atoms with Gasteiger partial charge in [-0.2, -0.15) is 0 Å². The molecular formula is C48H61N3O12. The molecule has 0 bridgehead atoms. The molecule has 6 atom stereocenters. The van der Waals surface area contributed by atoms with Gasteiger partial charge in [0.2, 0.25) is 5.79 Å². The fraction of sp³-hybridized carbons (Fsp3) is 0.500. The second-order valence-electron chi connectivity index (χ2n) is 16.2. The Balaban J connectivity index is 1.56. The molecule has 15 heteroatoms. The molecule has 3 aromatic rings. The van der Waals surface area contributed by atoms with Crippen LogP contribution in [0.25, 0.3) is 0 Å². The van der Waals surface area contributed by atoms with Crippen LogP contribution in [-0.2, 0) is 14.3 Å². The maximum Gasteiger partial charge on any atom is 0.415 e. The van der Waals surface area contributed by atoms with Gasteiger partial charge < -0.3 is 43.8 Å². The number of nitro benzene ring substituents is 1. The van der Waals surface area contributed by atoms with Crippen LogP contribution in [0.3, 0.4) is 0 Å². The minimum atomic E-state index is -1.57. The number of unbranched alkanes of at least 4 members (excludes halogenated alkanes) is 2. The molecule has 6 rings (SSSR count). The third-order valence-corrected chi connectivity index (χ3v) is 12.2. The number of non-ortho nitro benzene ring substituents is 1. The smallest absolute Gasteiger partial charge is 0.415 e. The van der Waals surface area contributed by atoms with Gasteiger partial charge in [0.15, 0.2) is 0 Å². The second kappa shape index (κ2) is 22.3. The number of carbonyl (C=O) groups is 1. The summed E-state index contributed by atoms with van der Waals surface area (Å²) >= 11 is 0. The number of aryl methyl sites for hydroxylation is 2. The molecule has 0 aromatic heterocycles. The molecule has 0 radical (unpaired) electrons. The molecule has 1 aliphatic heterocycles. The number of amides is 1. The molecule has 1 saturated carbocycles. The van der Waals surface area contributed by atoms with E-state index in [1.807, 2.05) is 50.2 Å². The number of oxime groups is 1. The van der Waals surface area contributed by atoms with Gasteiger partial charge >= 0.3 is 6.09 Å². The van der Waals surface area contributed by atoms with E-state index in [-0.39, 0.29) is 88.4 Å².